The highest BCUT2D eigenvalue weighted by Crippen LogP contribution is 2.27. The van der Waals surface area contributed by atoms with Crippen molar-refractivity contribution in [1.29, 1.82) is 0 Å². The van der Waals surface area contributed by atoms with Crippen LogP contribution >= 0.6 is 22.7 Å². The number of rotatable bonds is 7. The van der Waals surface area contributed by atoms with Gasteiger partial charge < -0.3 is 9.84 Å². The van der Waals surface area contributed by atoms with E-state index in [-0.39, 0.29) is 42.9 Å². The Bertz CT molecular complexity index is 1550. The summed E-state index contributed by atoms with van der Waals surface area (Å²) in [5, 5.41) is 35.1. The van der Waals surface area contributed by atoms with Gasteiger partial charge in [0.1, 0.15) is 23.9 Å². The molecule has 0 saturated heterocycles. The second-order valence-corrected chi connectivity index (χ2v) is 9.05. The third-order valence-electron chi connectivity index (χ3n) is 4.32. The largest absolute Gasteiger partial charge is 0.507 e. The Morgan fingerprint density at radius 2 is 1.28 bits per heavy atom. The van der Waals surface area contributed by atoms with Crippen LogP contribution in [0.2, 0.25) is 0 Å². The number of aromatic hydroxyl groups is 1. The van der Waals surface area contributed by atoms with Gasteiger partial charge in [-0.05, 0) is 46.9 Å². The summed E-state index contributed by atoms with van der Waals surface area (Å²) in [6.45, 7) is 1.22. The van der Waals surface area contributed by atoms with Gasteiger partial charge in [0.2, 0.25) is 0 Å². The number of benzene rings is 2. The van der Waals surface area contributed by atoms with E-state index in [0.717, 1.165) is 35.1 Å². The minimum Gasteiger partial charge on any atom is -0.507 e. The van der Waals surface area contributed by atoms with Gasteiger partial charge in [-0.25, -0.2) is 9.97 Å². The SMILES string of the molecule is CC(=O)Oc1ccccc1C(=O)Nc1ncc([N+](=O)[O-])s1.O=C(Nc1ncc([N+](=O)[O-])s1)c1ccccc1O. The molecule has 2 amide bonds. The maximum absolute atomic E-state index is 12.1. The van der Waals surface area contributed by atoms with E-state index in [2.05, 4.69) is 20.6 Å². The minimum atomic E-state index is -0.597. The summed E-state index contributed by atoms with van der Waals surface area (Å²) in [7, 11) is 0. The van der Waals surface area contributed by atoms with Crippen molar-refractivity contribution in [2.75, 3.05) is 10.6 Å². The summed E-state index contributed by atoms with van der Waals surface area (Å²) >= 11 is 1.48. The molecule has 0 aliphatic carbocycles. The Balaban J connectivity index is 0.000000218. The Kier molecular flexibility index (Phi) is 9.28. The highest BCUT2D eigenvalue weighted by atomic mass is 32.1. The van der Waals surface area contributed by atoms with Gasteiger partial charge in [0.15, 0.2) is 10.3 Å². The Morgan fingerprint density at radius 1 is 0.821 bits per heavy atom. The molecule has 0 aliphatic rings. The fourth-order valence-electron chi connectivity index (χ4n) is 2.71. The Hall–Kier alpha value is -5.29. The number of para-hydroxylation sites is 2. The summed E-state index contributed by atoms with van der Waals surface area (Å²) in [6.07, 6.45) is 2.11. The lowest BCUT2D eigenvalue weighted by Gasteiger charge is -2.07. The molecule has 3 N–H and O–H groups in total. The summed E-state index contributed by atoms with van der Waals surface area (Å²) in [5.41, 5.74) is 0.209. The van der Waals surface area contributed by atoms with E-state index in [4.69, 9.17) is 4.74 Å². The van der Waals surface area contributed by atoms with Gasteiger partial charge in [-0.15, -0.1) is 0 Å². The molecule has 200 valence electrons. The molecular weight excluding hydrogens is 556 g/mol. The van der Waals surface area contributed by atoms with Crippen LogP contribution in [0.25, 0.3) is 0 Å². The summed E-state index contributed by atoms with van der Waals surface area (Å²) in [4.78, 5) is 62.1. The summed E-state index contributed by atoms with van der Waals surface area (Å²) < 4.78 is 4.92. The summed E-state index contributed by atoms with van der Waals surface area (Å²) in [5.74, 6) is -1.76. The predicted molar refractivity (Wildman–Crippen MR) is 139 cm³/mol. The molecule has 4 aromatic rings. The van der Waals surface area contributed by atoms with Gasteiger partial charge >= 0.3 is 16.0 Å². The number of ether oxygens (including phenoxy) is 1. The molecule has 4 rings (SSSR count). The first-order valence-corrected chi connectivity index (χ1v) is 12.1. The monoisotopic (exact) mass is 572 g/mol. The zero-order valence-electron chi connectivity index (χ0n) is 19.6. The Morgan fingerprint density at radius 3 is 1.74 bits per heavy atom. The number of nitrogens with zero attached hydrogens (tertiary/aromatic N) is 4. The fourth-order valence-corrected chi connectivity index (χ4v) is 3.96. The van der Waals surface area contributed by atoms with Crippen molar-refractivity contribution in [3.63, 3.8) is 0 Å². The smallest absolute Gasteiger partial charge is 0.345 e. The van der Waals surface area contributed by atoms with Crippen LogP contribution in [0.15, 0.2) is 60.9 Å². The lowest BCUT2D eigenvalue weighted by atomic mass is 10.2. The molecule has 17 heteroatoms. The third kappa shape index (κ3) is 7.84. The number of nitrogens with one attached hydrogen (secondary N) is 2. The van der Waals surface area contributed by atoms with Crippen molar-refractivity contribution < 1.29 is 34.1 Å². The third-order valence-corrected chi connectivity index (χ3v) is 6.05. The molecule has 15 nitrogen and oxygen atoms in total. The number of phenolic OH excluding ortho intramolecular Hbond substituents is 1. The standard InChI is InChI=1S/C12H9N3O5S.C10H7N3O4S/c1-7(16)20-9-5-3-2-4-8(9)11(17)14-12-13-6-10(21-12)15(18)19;14-7-4-2-1-3-6(7)9(15)12-10-11-5-8(18-10)13(16)17/h2-6H,1H3,(H,13,14,17);1-5,14H,(H,11,12,15). The van der Waals surface area contributed by atoms with E-state index >= 15 is 0 Å². The maximum Gasteiger partial charge on any atom is 0.345 e. The zero-order valence-corrected chi connectivity index (χ0v) is 21.2. The lowest BCUT2D eigenvalue weighted by Crippen LogP contribution is -2.14. The fraction of sp³-hybridized carbons (Fsp3) is 0.0455. The highest BCUT2D eigenvalue weighted by molar-refractivity contribution is 7.19. The topological polar surface area (TPSA) is 217 Å². The normalized spacial score (nSPS) is 9.97. The molecule has 2 aromatic carbocycles. The highest BCUT2D eigenvalue weighted by Gasteiger charge is 2.18. The van der Waals surface area contributed by atoms with Crippen LogP contribution < -0.4 is 15.4 Å². The number of esters is 1. The number of nitro groups is 2. The van der Waals surface area contributed by atoms with Crippen LogP contribution in [0, 0.1) is 20.2 Å². The van der Waals surface area contributed by atoms with Crippen LogP contribution in [0.3, 0.4) is 0 Å². The number of anilines is 2. The van der Waals surface area contributed by atoms with Gasteiger partial charge in [-0.2, -0.15) is 0 Å². The van der Waals surface area contributed by atoms with E-state index in [9.17, 15) is 39.7 Å². The van der Waals surface area contributed by atoms with Gasteiger partial charge in [-0.1, -0.05) is 24.3 Å². The molecule has 2 aromatic heterocycles. The number of carbonyl (C=O) groups is 3. The predicted octanol–water partition coefficient (Wildman–Crippen LogP) is 4.24. The molecule has 0 saturated carbocycles. The molecule has 0 fully saturated rings. The first-order valence-electron chi connectivity index (χ1n) is 10.4. The molecular formula is C22H16N6O9S2. The van der Waals surface area contributed by atoms with Crippen molar-refractivity contribution in [2.24, 2.45) is 0 Å². The van der Waals surface area contributed by atoms with E-state index in [1.165, 1.54) is 31.2 Å². The summed E-state index contributed by atoms with van der Waals surface area (Å²) in [6, 6.07) is 12.1. The molecule has 0 aliphatic heterocycles. The molecule has 39 heavy (non-hydrogen) atoms. The second kappa shape index (κ2) is 12.8. The van der Waals surface area contributed by atoms with Crippen LogP contribution in [-0.4, -0.2) is 42.7 Å². The van der Waals surface area contributed by atoms with Crippen molar-refractivity contribution in [2.45, 2.75) is 6.92 Å². The first kappa shape index (κ1) is 28.3. The number of hydrogen-bond acceptors (Lipinski definition) is 13. The van der Waals surface area contributed by atoms with Gasteiger partial charge in [0, 0.05) is 6.92 Å². The van der Waals surface area contributed by atoms with Crippen molar-refractivity contribution in [3.05, 3.63) is 92.3 Å². The van der Waals surface area contributed by atoms with E-state index in [0.29, 0.717) is 0 Å². The van der Waals surface area contributed by atoms with Crippen LogP contribution in [0.4, 0.5) is 20.3 Å². The average molecular weight is 573 g/mol. The maximum atomic E-state index is 12.1. The average Bonchev–Trinajstić information content (AvgIpc) is 3.55. The molecule has 0 unspecified atom stereocenters. The zero-order chi connectivity index (χ0) is 28.5. The molecule has 2 heterocycles. The van der Waals surface area contributed by atoms with Crippen LogP contribution in [-0.2, 0) is 4.79 Å². The van der Waals surface area contributed by atoms with Crippen molar-refractivity contribution in [1.82, 2.24) is 9.97 Å². The number of phenols is 1. The van der Waals surface area contributed by atoms with E-state index in [1.54, 1.807) is 24.3 Å². The quantitative estimate of drug-likeness (QED) is 0.123. The number of hydrogen-bond donors (Lipinski definition) is 3. The van der Waals surface area contributed by atoms with Crippen LogP contribution in [0.5, 0.6) is 11.5 Å². The van der Waals surface area contributed by atoms with Gasteiger partial charge in [0.25, 0.3) is 11.8 Å². The van der Waals surface area contributed by atoms with Crippen LogP contribution in [0.1, 0.15) is 27.6 Å². The molecule has 0 atom stereocenters. The van der Waals surface area contributed by atoms with E-state index < -0.39 is 27.6 Å². The number of amides is 2. The Labute approximate surface area is 226 Å². The number of thiazole rings is 2. The van der Waals surface area contributed by atoms with Crippen molar-refractivity contribution in [3.8, 4) is 11.5 Å². The molecule has 0 radical (unpaired) electrons. The van der Waals surface area contributed by atoms with Gasteiger partial charge in [-0.3, -0.25) is 45.2 Å². The van der Waals surface area contributed by atoms with Crippen molar-refractivity contribution >= 4 is 60.7 Å². The van der Waals surface area contributed by atoms with Gasteiger partial charge in [0.05, 0.1) is 21.0 Å². The second-order valence-electron chi connectivity index (χ2n) is 7.04. The minimum absolute atomic E-state index is 0.0790. The molecule has 0 bridgehead atoms. The molecule has 0 spiro atoms. The first-order chi connectivity index (χ1) is 18.5. The number of aromatic nitrogens is 2. The van der Waals surface area contributed by atoms with E-state index in [1.807, 2.05) is 0 Å². The number of carbonyl (C=O) groups excluding carboxylic acids is 3. The lowest BCUT2D eigenvalue weighted by molar-refractivity contribution is -0.380.